The van der Waals surface area contributed by atoms with Gasteiger partial charge in [-0.1, -0.05) is 6.92 Å². The Balaban J connectivity index is 2.38. The van der Waals surface area contributed by atoms with E-state index < -0.39 is 0 Å². The fraction of sp³-hybridized carbons (Fsp3) is 0.571. The Morgan fingerprint density at radius 1 is 1.35 bits per heavy atom. The van der Waals surface area contributed by atoms with Crippen molar-refractivity contribution in [2.24, 2.45) is 5.92 Å². The maximum Gasteiger partial charge on any atom is 0.226 e. The second-order valence-electron chi connectivity index (χ2n) is 5.09. The second kappa shape index (κ2) is 6.37. The third-order valence-electron chi connectivity index (χ3n) is 3.36. The Morgan fingerprint density at radius 2 is 2.10 bits per heavy atom. The summed E-state index contributed by atoms with van der Waals surface area (Å²) in [5, 5.41) is 16.9. The number of hydrogen-bond acceptors (Lipinski definition) is 6. The van der Waals surface area contributed by atoms with E-state index in [1.807, 2.05) is 13.8 Å². The van der Waals surface area contributed by atoms with E-state index in [1.165, 1.54) is 4.88 Å². The fourth-order valence-corrected chi connectivity index (χ4v) is 2.78. The lowest BCUT2D eigenvalue weighted by Gasteiger charge is -2.20. The summed E-state index contributed by atoms with van der Waals surface area (Å²) in [4.78, 5) is 11.3. The van der Waals surface area contributed by atoms with Crippen LogP contribution >= 0.6 is 11.3 Å². The molecule has 0 spiro atoms. The summed E-state index contributed by atoms with van der Waals surface area (Å²) in [6, 6.07) is 2.25. The van der Waals surface area contributed by atoms with Crippen LogP contribution in [-0.2, 0) is 0 Å². The molecule has 2 heterocycles. The van der Waals surface area contributed by atoms with Crippen molar-refractivity contribution in [3.05, 3.63) is 10.9 Å². The zero-order chi connectivity index (χ0) is 14.7. The highest BCUT2D eigenvalue weighted by Gasteiger charge is 2.15. The number of rotatable bonds is 6. The normalized spacial score (nSPS) is 14.2. The quantitative estimate of drug-likeness (QED) is 0.764. The smallest absolute Gasteiger partial charge is 0.226 e. The summed E-state index contributed by atoms with van der Waals surface area (Å²) < 4.78 is 0. The largest absolute Gasteiger partial charge is 0.396 e. The van der Waals surface area contributed by atoms with E-state index >= 15 is 0 Å². The topological polar surface area (TPSA) is 70.1 Å². The van der Waals surface area contributed by atoms with Crippen molar-refractivity contribution < 1.29 is 5.11 Å². The van der Waals surface area contributed by atoms with E-state index in [2.05, 4.69) is 40.5 Å². The van der Waals surface area contributed by atoms with Gasteiger partial charge in [-0.2, -0.15) is 4.98 Å². The van der Waals surface area contributed by atoms with Crippen molar-refractivity contribution in [2.45, 2.75) is 33.7 Å². The van der Waals surface area contributed by atoms with E-state index in [0.29, 0.717) is 5.95 Å². The minimum atomic E-state index is 0.146. The molecule has 6 heteroatoms. The number of thiophene rings is 1. The molecule has 0 aliphatic heterocycles. The molecule has 0 amide bonds. The van der Waals surface area contributed by atoms with Crippen molar-refractivity contribution in [2.75, 3.05) is 23.8 Å². The molecule has 3 N–H and O–H groups in total. The van der Waals surface area contributed by atoms with Crippen LogP contribution in [0.4, 0.5) is 11.8 Å². The monoisotopic (exact) mass is 294 g/mol. The summed E-state index contributed by atoms with van der Waals surface area (Å²) in [5.74, 6) is 1.65. The summed E-state index contributed by atoms with van der Waals surface area (Å²) >= 11 is 1.67. The molecule has 0 aliphatic rings. The molecule has 2 atom stereocenters. The van der Waals surface area contributed by atoms with Crippen LogP contribution in [0.25, 0.3) is 10.2 Å². The lowest BCUT2D eigenvalue weighted by atomic mass is 10.1. The highest BCUT2D eigenvalue weighted by molar-refractivity contribution is 7.18. The fourth-order valence-electron chi connectivity index (χ4n) is 1.91. The summed E-state index contributed by atoms with van der Waals surface area (Å²) in [6.45, 7) is 9.11. The zero-order valence-electron chi connectivity index (χ0n) is 12.4. The molecule has 5 nitrogen and oxygen atoms in total. The molecular formula is C14H22N4OS. The number of nitrogens with one attached hydrogen (secondary N) is 2. The van der Waals surface area contributed by atoms with Crippen LogP contribution in [0.3, 0.4) is 0 Å². The number of fused-ring (bicyclic) bond motifs is 1. The van der Waals surface area contributed by atoms with Crippen LogP contribution in [0.1, 0.15) is 25.6 Å². The van der Waals surface area contributed by atoms with Crippen LogP contribution in [-0.4, -0.2) is 34.3 Å². The van der Waals surface area contributed by atoms with Gasteiger partial charge in [0.15, 0.2) is 0 Å². The number of nitrogens with zero attached hydrogens (tertiary/aromatic N) is 2. The lowest BCUT2D eigenvalue weighted by Crippen LogP contribution is -2.27. The Bertz CT molecular complexity index is 584. The van der Waals surface area contributed by atoms with E-state index in [0.717, 1.165) is 22.6 Å². The summed E-state index contributed by atoms with van der Waals surface area (Å²) in [6.07, 6.45) is 0. The third kappa shape index (κ3) is 3.19. The van der Waals surface area contributed by atoms with Gasteiger partial charge in [-0.05, 0) is 32.8 Å². The number of hydrogen-bond donors (Lipinski definition) is 3. The highest BCUT2D eigenvalue weighted by Crippen LogP contribution is 2.30. The maximum atomic E-state index is 9.26. The highest BCUT2D eigenvalue weighted by atomic mass is 32.1. The van der Waals surface area contributed by atoms with Gasteiger partial charge in [0.2, 0.25) is 5.95 Å². The molecule has 0 radical (unpaired) electrons. The molecule has 0 aromatic carbocycles. The second-order valence-corrected chi connectivity index (χ2v) is 6.33. The molecule has 2 unspecified atom stereocenters. The first-order valence-electron chi connectivity index (χ1n) is 6.94. The van der Waals surface area contributed by atoms with Crippen molar-refractivity contribution in [1.29, 1.82) is 0 Å². The van der Waals surface area contributed by atoms with E-state index in [4.69, 9.17) is 0 Å². The Hall–Kier alpha value is -1.40. The minimum absolute atomic E-state index is 0.146. The predicted molar refractivity (Wildman–Crippen MR) is 85.7 cm³/mol. The number of aliphatic hydroxyl groups excluding tert-OH is 1. The van der Waals surface area contributed by atoms with Gasteiger partial charge in [0, 0.05) is 24.1 Å². The van der Waals surface area contributed by atoms with Crippen LogP contribution in [0.15, 0.2) is 6.07 Å². The van der Waals surface area contributed by atoms with Crippen LogP contribution in [0.2, 0.25) is 0 Å². The molecule has 2 aromatic rings. The molecule has 2 rings (SSSR count). The van der Waals surface area contributed by atoms with Crippen LogP contribution in [0, 0.1) is 12.8 Å². The van der Waals surface area contributed by atoms with Gasteiger partial charge in [-0.3, -0.25) is 0 Å². The Kier molecular flexibility index (Phi) is 4.77. The average Bonchev–Trinajstić information content (AvgIpc) is 2.78. The predicted octanol–water partition coefficient (Wildman–Crippen LogP) is 2.86. The summed E-state index contributed by atoms with van der Waals surface area (Å²) in [7, 11) is 0. The van der Waals surface area contributed by atoms with Crippen molar-refractivity contribution in [3.8, 4) is 0 Å². The standard InChI is InChI=1S/C14H22N4OS/c1-5-15-14-17-12(16-10(4)8(2)7-19)11-6-9(3)20-13(11)18-14/h6,8,10,19H,5,7H2,1-4H3,(H2,15,16,17,18). The molecule has 0 saturated heterocycles. The van der Waals surface area contributed by atoms with Gasteiger partial charge >= 0.3 is 0 Å². The zero-order valence-corrected chi connectivity index (χ0v) is 13.2. The van der Waals surface area contributed by atoms with Crippen molar-refractivity contribution >= 4 is 33.3 Å². The average molecular weight is 294 g/mol. The number of aromatic nitrogens is 2. The molecule has 20 heavy (non-hydrogen) atoms. The van der Waals surface area contributed by atoms with E-state index in [1.54, 1.807) is 11.3 Å². The first-order valence-corrected chi connectivity index (χ1v) is 7.76. The van der Waals surface area contributed by atoms with Crippen LogP contribution < -0.4 is 10.6 Å². The Labute approximate surface area is 123 Å². The minimum Gasteiger partial charge on any atom is -0.396 e. The van der Waals surface area contributed by atoms with E-state index in [9.17, 15) is 5.11 Å². The van der Waals surface area contributed by atoms with Crippen LogP contribution in [0.5, 0.6) is 0 Å². The maximum absolute atomic E-state index is 9.26. The lowest BCUT2D eigenvalue weighted by molar-refractivity contribution is 0.226. The van der Waals surface area contributed by atoms with E-state index in [-0.39, 0.29) is 18.6 Å². The van der Waals surface area contributed by atoms with Gasteiger partial charge < -0.3 is 15.7 Å². The first-order chi connectivity index (χ1) is 9.55. The Morgan fingerprint density at radius 3 is 2.75 bits per heavy atom. The number of anilines is 2. The molecule has 2 aromatic heterocycles. The number of aryl methyl sites for hydroxylation is 1. The van der Waals surface area contributed by atoms with Gasteiger partial charge in [0.25, 0.3) is 0 Å². The molecule has 0 fully saturated rings. The molecule has 0 aliphatic carbocycles. The summed E-state index contributed by atoms with van der Waals surface area (Å²) in [5.41, 5.74) is 0. The van der Waals surface area contributed by atoms with Gasteiger partial charge in [-0.15, -0.1) is 11.3 Å². The molecular weight excluding hydrogens is 272 g/mol. The molecule has 0 saturated carbocycles. The molecule has 110 valence electrons. The van der Waals surface area contributed by atoms with Gasteiger partial charge in [0.1, 0.15) is 10.6 Å². The SMILES string of the molecule is CCNc1nc(NC(C)C(C)CO)c2cc(C)sc2n1. The molecule has 0 bridgehead atoms. The third-order valence-corrected chi connectivity index (χ3v) is 4.30. The van der Waals surface area contributed by atoms with Gasteiger partial charge in [0.05, 0.1) is 5.39 Å². The number of aliphatic hydroxyl groups is 1. The van der Waals surface area contributed by atoms with Gasteiger partial charge in [-0.25, -0.2) is 4.98 Å². The van der Waals surface area contributed by atoms with Crippen molar-refractivity contribution in [3.63, 3.8) is 0 Å². The van der Waals surface area contributed by atoms with Crippen molar-refractivity contribution in [1.82, 2.24) is 9.97 Å². The first kappa shape index (κ1) is 15.0.